The first kappa shape index (κ1) is 12.0. The molecule has 2 heterocycles. The smallest absolute Gasteiger partial charge is 0.307 e. The van der Waals surface area contributed by atoms with Crippen molar-refractivity contribution < 1.29 is 9.90 Å². The molecule has 7 heteroatoms. The zero-order valence-electron chi connectivity index (χ0n) is 8.83. The van der Waals surface area contributed by atoms with Gasteiger partial charge in [0.05, 0.1) is 16.1 Å². The SMILES string of the molecule is O=C(O)CCCn1c(-c2cncs2)csc1=O. The van der Waals surface area contributed by atoms with Crippen LogP contribution in [0, 0.1) is 0 Å². The molecule has 0 aliphatic carbocycles. The van der Waals surface area contributed by atoms with Crippen LogP contribution >= 0.6 is 22.7 Å². The fraction of sp³-hybridized carbons (Fsp3) is 0.300. The van der Waals surface area contributed by atoms with E-state index in [1.165, 1.54) is 11.3 Å². The Hall–Kier alpha value is -1.47. The molecule has 0 radical (unpaired) electrons. The Bertz CT molecular complexity index is 556. The second kappa shape index (κ2) is 5.24. The van der Waals surface area contributed by atoms with E-state index < -0.39 is 5.97 Å². The van der Waals surface area contributed by atoms with Gasteiger partial charge >= 0.3 is 10.8 Å². The van der Waals surface area contributed by atoms with E-state index in [-0.39, 0.29) is 11.3 Å². The summed E-state index contributed by atoms with van der Waals surface area (Å²) in [5.74, 6) is -0.840. The first-order valence-corrected chi connectivity index (χ1v) is 6.73. The monoisotopic (exact) mass is 270 g/mol. The summed E-state index contributed by atoms with van der Waals surface area (Å²) in [6.45, 7) is 0.432. The van der Waals surface area contributed by atoms with E-state index in [1.54, 1.807) is 21.7 Å². The van der Waals surface area contributed by atoms with Crippen LogP contribution in [0.15, 0.2) is 21.9 Å². The summed E-state index contributed by atoms with van der Waals surface area (Å²) >= 11 is 2.59. The third kappa shape index (κ3) is 2.80. The van der Waals surface area contributed by atoms with Gasteiger partial charge in [-0.05, 0) is 6.42 Å². The molecule has 0 atom stereocenters. The second-order valence-corrected chi connectivity index (χ2v) is 5.11. The van der Waals surface area contributed by atoms with Crippen molar-refractivity contribution >= 4 is 28.6 Å². The Morgan fingerprint density at radius 3 is 2.94 bits per heavy atom. The summed E-state index contributed by atoms with van der Waals surface area (Å²) in [6.07, 6.45) is 2.24. The molecule has 0 unspecified atom stereocenters. The minimum Gasteiger partial charge on any atom is -0.481 e. The minimum atomic E-state index is -0.840. The lowest BCUT2D eigenvalue weighted by atomic mass is 10.3. The summed E-state index contributed by atoms with van der Waals surface area (Å²) in [5, 5.41) is 10.4. The van der Waals surface area contributed by atoms with Crippen molar-refractivity contribution in [1.29, 1.82) is 0 Å². The Balaban J connectivity index is 2.19. The van der Waals surface area contributed by atoms with Gasteiger partial charge in [-0.1, -0.05) is 11.3 Å². The zero-order chi connectivity index (χ0) is 12.3. The van der Waals surface area contributed by atoms with Gasteiger partial charge in [0.25, 0.3) is 0 Å². The number of carboxylic acids is 1. The van der Waals surface area contributed by atoms with Crippen LogP contribution in [0.5, 0.6) is 0 Å². The van der Waals surface area contributed by atoms with Gasteiger partial charge in [-0.2, -0.15) is 0 Å². The summed E-state index contributed by atoms with van der Waals surface area (Å²) < 4.78 is 1.61. The molecule has 0 spiro atoms. The van der Waals surface area contributed by atoms with Gasteiger partial charge in [-0.15, -0.1) is 11.3 Å². The van der Waals surface area contributed by atoms with E-state index in [1.807, 2.05) is 0 Å². The molecule has 5 nitrogen and oxygen atoms in total. The van der Waals surface area contributed by atoms with Crippen LogP contribution in [0.2, 0.25) is 0 Å². The summed E-state index contributed by atoms with van der Waals surface area (Å²) in [6, 6.07) is 0. The highest BCUT2D eigenvalue weighted by atomic mass is 32.1. The van der Waals surface area contributed by atoms with Crippen molar-refractivity contribution in [2.24, 2.45) is 0 Å². The molecule has 0 aromatic carbocycles. The quantitative estimate of drug-likeness (QED) is 0.900. The third-order valence-electron chi connectivity index (χ3n) is 2.24. The molecule has 0 aliphatic heterocycles. The van der Waals surface area contributed by atoms with Crippen molar-refractivity contribution in [3.63, 3.8) is 0 Å². The molecule has 0 bridgehead atoms. The number of thiazole rings is 2. The van der Waals surface area contributed by atoms with Crippen LogP contribution in [0.4, 0.5) is 0 Å². The fourth-order valence-corrected chi connectivity index (χ4v) is 2.97. The van der Waals surface area contributed by atoms with Crippen molar-refractivity contribution in [1.82, 2.24) is 9.55 Å². The normalized spacial score (nSPS) is 10.6. The largest absolute Gasteiger partial charge is 0.481 e. The van der Waals surface area contributed by atoms with E-state index in [4.69, 9.17) is 5.11 Å². The Morgan fingerprint density at radius 1 is 1.47 bits per heavy atom. The number of hydrogen-bond acceptors (Lipinski definition) is 5. The van der Waals surface area contributed by atoms with Gasteiger partial charge < -0.3 is 5.11 Å². The molecule has 0 saturated heterocycles. The second-order valence-electron chi connectivity index (χ2n) is 3.40. The molecule has 90 valence electrons. The van der Waals surface area contributed by atoms with E-state index >= 15 is 0 Å². The van der Waals surface area contributed by atoms with Crippen molar-refractivity contribution in [3.05, 3.63) is 26.8 Å². The van der Waals surface area contributed by atoms with E-state index in [2.05, 4.69) is 4.98 Å². The number of aliphatic carboxylic acids is 1. The maximum Gasteiger partial charge on any atom is 0.307 e. The third-order valence-corrected chi connectivity index (χ3v) is 3.80. The van der Waals surface area contributed by atoms with Gasteiger partial charge in [0.2, 0.25) is 0 Å². The highest BCUT2D eigenvalue weighted by Crippen LogP contribution is 2.23. The van der Waals surface area contributed by atoms with Crippen LogP contribution < -0.4 is 4.87 Å². The van der Waals surface area contributed by atoms with Crippen LogP contribution in [0.1, 0.15) is 12.8 Å². The predicted molar refractivity (Wildman–Crippen MR) is 66.6 cm³/mol. The lowest BCUT2D eigenvalue weighted by Crippen LogP contribution is -2.14. The zero-order valence-corrected chi connectivity index (χ0v) is 10.5. The van der Waals surface area contributed by atoms with Crippen LogP contribution in [-0.2, 0) is 11.3 Å². The van der Waals surface area contributed by atoms with Gasteiger partial charge in [-0.25, -0.2) is 0 Å². The topological polar surface area (TPSA) is 72.2 Å². The van der Waals surface area contributed by atoms with Crippen LogP contribution in [-0.4, -0.2) is 20.6 Å². The van der Waals surface area contributed by atoms with Crippen molar-refractivity contribution in [2.45, 2.75) is 19.4 Å². The molecule has 2 aromatic heterocycles. The maximum atomic E-state index is 11.6. The van der Waals surface area contributed by atoms with E-state index in [0.29, 0.717) is 13.0 Å². The number of carbonyl (C=O) groups is 1. The van der Waals surface area contributed by atoms with E-state index in [9.17, 15) is 9.59 Å². The highest BCUT2D eigenvalue weighted by Gasteiger charge is 2.10. The maximum absolute atomic E-state index is 11.6. The number of hydrogen-bond donors (Lipinski definition) is 1. The predicted octanol–water partition coefficient (Wildman–Crippen LogP) is 1.90. The van der Waals surface area contributed by atoms with Crippen LogP contribution in [0.3, 0.4) is 0 Å². The van der Waals surface area contributed by atoms with Crippen molar-refractivity contribution in [2.75, 3.05) is 0 Å². The fourth-order valence-electron chi connectivity index (χ4n) is 1.47. The van der Waals surface area contributed by atoms with Crippen molar-refractivity contribution in [3.8, 4) is 10.6 Å². The first-order valence-electron chi connectivity index (χ1n) is 4.97. The number of nitrogens with zero attached hydrogens (tertiary/aromatic N) is 2. The van der Waals surface area contributed by atoms with Gasteiger partial charge in [0.15, 0.2) is 0 Å². The molecule has 0 fully saturated rings. The Morgan fingerprint density at radius 2 is 2.29 bits per heavy atom. The summed E-state index contributed by atoms with van der Waals surface area (Å²) in [4.78, 5) is 26.9. The Kier molecular flexibility index (Phi) is 3.70. The molecule has 2 rings (SSSR count). The Labute approximate surface area is 105 Å². The molecule has 0 amide bonds. The molecule has 2 aromatic rings. The lowest BCUT2D eigenvalue weighted by molar-refractivity contribution is -0.137. The number of aromatic nitrogens is 2. The van der Waals surface area contributed by atoms with E-state index in [0.717, 1.165) is 21.9 Å². The number of rotatable bonds is 5. The first-order chi connectivity index (χ1) is 8.18. The molecular formula is C10H10N2O3S2. The van der Waals surface area contributed by atoms with Gasteiger partial charge in [0.1, 0.15) is 0 Å². The van der Waals surface area contributed by atoms with Gasteiger partial charge in [0, 0.05) is 24.5 Å². The van der Waals surface area contributed by atoms with Gasteiger partial charge in [-0.3, -0.25) is 19.1 Å². The summed E-state index contributed by atoms with van der Waals surface area (Å²) in [5.41, 5.74) is 2.53. The molecule has 0 aliphatic rings. The molecular weight excluding hydrogens is 260 g/mol. The highest BCUT2D eigenvalue weighted by molar-refractivity contribution is 7.13. The number of carboxylic acid groups (broad SMARTS) is 1. The molecule has 1 N–H and O–H groups in total. The molecule has 0 saturated carbocycles. The minimum absolute atomic E-state index is 0.0567. The molecule has 17 heavy (non-hydrogen) atoms. The average Bonchev–Trinajstić information content (AvgIpc) is 2.88. The lowest BCUT2D eigenvalue weighted by Gasteiger charge is -2.04. The standard InChI is InChI=1S/C10H10N2O3S2/c13-9(14)2-1-3-12-7(5-16-10(12)15)8-4-11-6-17-8/h4-6H,1-3H2,(H,13,14). The van der Waals surface area contributed by atoms with Crippen LogP contribution in [0.25, 0.3) is 10.6 Å². The summed E-state index contributed by atoms with van der Waals surface area (Å²) in [7, 11) is 0. The average molecular weight is 270 g/mol.